The highest BCUT2D eigenvalue weighted by Gasteiger charge is 2.39. The lowest BCUT2D eigenvalue weighted by atomic mass is 9.74. The van der Waals surface area contributed by atoms with Crippen LogP contribution in [0.25, 0.3) is 0 Å². The first kappa shape index (κ1) is 14.4. The quantitative estimate of drug-likeness (QED) is 0.884. The number of aliphatic hydroxyl groups is 1. The van der Waals surface area contributed by atoms with Crippen LogP contribution in [-0.2, 0) is 4.74 Å². The van der Waals surface area contributed by atoms with Crippen LogP contribution in [0.5, 0.6) is 0 Å². The van der Waals surface area contributed by atoms with Gasteiger partial charge in [-0.15, -0.1) is 0 Å². The van der Waals surface area contributed by atoms with E-state index in [4.69, 9.17) is 10.5 Å². The Morgan fingerprint density at radius 1 is 1.37 bits per heavy atom. The zero-order chi connectivity index (χ0) is 13.9. The fourth-order valence-electron chi connectivity index (χ4n) is 2.58. The first-order chi connectivity index (χ1) is 9.09. The molecular weight excluding hydrogens is 252 g/mol. The number of nitrogens with two attached hydrogens (primary N) is 1. The Labute approximate surface area is 111 Å². The topological polar surface area (TPSA) is 55.5 Å². The van der Waals surface area contributed by atoms with Crippen LogP contribution in [0.3, 0.4) is 0 Å². The third kappa shape index (κ3) is 2.94. The minimum Gasteiger partial charge on any atom is -0.388 e. The summed E-state index contributed by atoms with van der Waals surface area (Å²) in [4.78, 5) is 0. The highest BCUT2D eigenvalue weighted by atomic mass is 19.3. The molecule has 3 N–H and O–H groups in total. The number of hydrogen-bond donors (Lipinski definition) is 2. The molecule has 0 radical (unpaired) electrons. The van der Waals surface area contributed by atoms with Gasteiger partial charge in [-0.25, -0.2) is 8.78 Å². The van der Waals surface area contributed by atoms with Crippen LogP contribution in [0.4, 0.5) is 8.78 Å². The number of benzene rings is 1. The molecule has 0 saturated carbocycles. The highest BCUT2D eigenvalue weighted by molar-refractivity contribution is 5.27. The first-order valence-corrected chi connectivity index (χ1v) is 6.43. The van der Waals surface area contributed by atoms with Gasteiger partial charge in [0.05, 0.1) is 12.7 Å². The van der Waals surface area contributed by atoms with Crippen molar-refractivity contribution >= 4 is 0 Å². The van der Waals surface area contributed by atoms with Crippen molar-refractivity contribution in [3.05, 3.63) is 35.4 Å². The third-order valence-corrected chi connectivity index (χ3v) is 3.82. The summed E-state index contributed by atoms with van der Waals surface area (Å²) in [5, 5.41) is 10.5. The van der Waals surface area contributed by atoms with Crippen LogP contribution in [0, 0.1) is 5.41 Å². The Bertz CT molecular complexity index is 420. The number of aliphatic hydroxyl groups excluding tert-OH is 1. The van der Waals surface area contributed by atoms with Crippen LogP contribution in [0.2, 0.25) is 0 Å². The maximum absolute atomic E-state index is 12.7. The molecule has 0 aromatic heterocycles. The summed E-state index contributed by atoms with van der Waals surface area (Å²) in [6.07, 6.45) is -1.85. The van der Waals surface area contributed by atoms with E-state index in [2.05, 4.69) is 0 Å². The Hall–Kier alpha value is -1.04. The molecule has 1 aliphatic rings. The number of alkyl halides is 2. The summed E-state index contributed by atoms with van der Waals surface area (Å²) in [6, 6.07) is 5.89. The lowest BCUT2D eigenvalue weighted by molar-refractivity contribution is -0.0782. The van der Waals surface area contributed by atoms with Crippen molar-refractivity contribution in [1.29, 1.82) is 0 Å². The molecule has 0 spiro atoms. The van der Waals surface area contributed by atoms with Gasteiger partial charge in [0.2, 0.25) is 0 Å². The zero-order valence-corrected chi connectivity index (χ0v) is 10.7. The standard InChI is InChI=1S/C14H19F2NO2/c15-13(16)11-4-1-3-10(7-11)12(18)14(8-17)5-2-6-19-9-14/h1,3-4,7,12-13,18H,2,5-6,8-9,17H2. The summed E-state index contributed by atoms with van der Waals surface area (Å²) in [5.74, 6) is 0. The monoisotopic (exact) mass is 271 g/mol. The molecule has 0 amide bonds. The third-order valence-electron chi connectivity index (χ3n) is 3.82. The summed E-state index contributed by atoms with van der Waals surface area (Å²) in [7, 11) is 0. The van der Waals surface area contributed by atoms with E-state index < -0.39 is 17.9 Å². The van der Waals surface area contributed by atoms with E-state index in [0.29, 0.717) is 18.8 Å². The maximum atomic E-state index is 12.7. The Balaban J connectivity index is 2.26. The molecule has 5 heteroatoms. The second-order valence-corrected chi connectivity index (χ2v) is 5.10. The summed E-state index contributed by atoms with van der Waals surface area (Å²) in [5.41, 5.74) is 5.61. The van der Waals surface area contributed by atoms with Gasteiger partial charge in [0.1, 0.15) is 0 Å². The molecule has 3 nitrogen and oxygen atoms in total. The van der Waals surface area contributed by atoms with Gasteiger partial charge in [0, 0.05) is 24.1 Å². The molecule has 19 heavy (non-hydrogen) atoms. The Kier molecular flexibility index (Phi) is 4.50. The normalized spacial score (nSPS) is 25.5. The molecule has 0 bridgehead atoms. The molecule has 1 fully saturated rings. The van der Waals surface area contributed by atoms with E-state index in [0.717, 1.165) is 12.8 Å². The molecule has 2 rings (SSSR count). The van der Waals surface area contributed by atoms with Crippen molar-refractivity contribution in [2.75, 3.05) is 19.8 Å². The Morgan fingerprint density at radius 2 is 2.11 bits per heavy atom. The molecule has 1 aromatic rings. The predicted molar refractivity (Wildman–Crippen MR) is 67.9 cm³/mol. The molecular formula is C14H19F2NO2. The van der Waals surface area contributed by atoms with Crippen molar-refractivity contribution in [3.8, 4) is 0 Å². The highest BCUT2D eigenvalue weighted by Crippen LogP contribution is 2.40. The van der Waals surface area contributed by atoms with Crippen molar-refractivity contribution in [3.63, 3.8) is 0 Å². The van der Waals surface area contributed by atoms with E-state index in [1.54, 1.807) is 6.07 Å². The van der Waals surface area contributed by atoms with E-state index in [1.165, 1.54) is 18.2 Å². The second kappa shape index (κ2) is 5.94. The van der Waals surface area contributed by atoms with Gasteiger partial charge in [0.15, 0.2) is 0 Å². The van der Waals surface area contributed by atoms with E-state index in [9.17, 15) is 13.9 Å². The molecule has 106 valence electrons. The maximum Gasteiger partial charge on any atom is 0.263 e. The fraction of sp³-hybridized carbons (Fsp3) is 0.571. The second-order valence-electron chi connectivity index (χ2n) is 5.10. The van der Waals surface area contributed by atoms with Gasteiger partial charge >= 0.3 is 0 Å². The number of hydrogen-bond acceptors (Lipinski definition) is 3. The van der Waals surface area contributed by atoms with Gasteiger partial charge in [-0.2, -0.15) is 0 Å². The molecule has 0 aliphatic carbocycles. The van der Waals surface area contributed by atoms with Crippen molar-refractivity contribution in [2.45, 2.75) is 25.4 Å². The van der Waals surface area contributed by atoms with Crippen LogP contribution >= 0.6 is 0 Å². The van der Waals surface area contributed by atoms with Gasteiger partial charge in [-0.1, -0.05) is 18.2 Å². The smallest absolute Gasteiger partial charge is 0.263 e. The van der Waals surface area contributed by atoms with Crippen molar-refractivity contribution in [2.24, 2.45) is 11.1 Å². The lowest BCUT2D eigenvalue weighted by Crippen LogP contribution is -2.43. The zero-order valence-electron chi connectivity index (χ0n) is 10.7. The Morgan fingerprint density at radius 3 is 2.68 bits per heavy atom. The lowest BCUT2D eigenvalue weighted by Gasteiger charge is -2.40. The first-order valence-electron chi connectivity index (χ1n) is 6.43. The van der Waals surface area contributed by atoms with Crippen LogP contribution in [-0.4, -0.2) is 24.9 Å². The van der Waals surface area contributed by atoms with E-state index in [-0.39, 0.29) is 12.1 Å². The largest absolute Gasteiger partial charge is 0.388 e. The van der Waals surface area contributed by atoms with Gasteiger partial charge in [-0.05, 0) is 24.5 Å². The molecule has 1 aliphatic heterocycles. The molecule has 1 aromatic carbocycles. The van der Waals surface area contributed by atoms with Crippen molar-refractivity contribution < 1.29 is 18.6 Å². The average molecular weight is 271 g/mol. The summed E-state index contributed by atoms with van der Waals surface area (Å²) >= 11 is 0. The van der Waals surface area contributed by atoms with Gasteiger partial charge in [0.25, 0.3) is 6.43 Å². The fourth-order valence-corrected chi connectivity index (χ4v) is 2.58. The minimum absolute atomic E-state index is 0.0829. The molecule has 1 saturated heterocycles. The van der Waals surface area contributed by atoms with Crippen LogP contribution < -0.4 is 5.73 Å². The molecule has 2 atom stereocenters. The summed E-state index contributed by atoms with van der Waals surface area (Å²) < 4.78 is 30.8. The number of rotatable bonds is 4. The van der Waals surface area contributed by atoms with E-state index in [1.807, 2.05) is 0 Å². The summed E-state index contributed by atoms with van der Waals surface area (Å²) in [6.45, 7) is 1.29. The van der Waals surface area contributed by atoms with Crippen molar-refractivity contribution in [1.82, 2.24) is 0 Å². The van der Waals surface area contributed by atoms with Gasteiger partial charge < -0.3 is 15.6 Å². The van der Waals surface area contributed by atoms with Gasteiger partial charge in [-0.3, -0.25) is 0 Å². The van der Waals surface area contributed by atoms with Crippen LogP contribution in [0.15, 0.2) is 24.3 Å². The number of halogens is 2. The molecule has 1 heterocycles. The van der Waals surface area contributed by atoms with Crippen LogP contribution in [0.1, 0.15) is 36.5 Å². The molecule has 2 unspecified atom stereocenters. The number of ether oxygens (including phenoxy) is 1. The predicted octanol–water partition coefficient (Wildman–Crippen LogP) is 2.41. The van der Waals surface area contributed by atoms with E-state index >= 15 is 0 Å². The average Bonchev–Trinajstić information content (AvgIpc) is 2.47. The minimum atomic E-state index is -2.54. The SMILES string of the molecule is NCC1(C(O)c2cccc(C(F)F)c2)CCCOC1.